The highest BCUT2D eigenvalue weighted by molar-refractivity contribution is 8.09. The van der Waals surface area contributed by atoms with Crippen LogP contribution in [-0.4, -0.2) is 5.66 Å². The quantitative estimate of drug-likeness (QED) is 0.623. The Kier molecular flexibility index (Phi) is 3.95. The van der Waals surface area contributed by atoms with Crippen molar-refractivity contribution in [2.75, 3.05) is 0 Å². The zero-order chi connectivity index (χ0) is 9.28. The normalized spacial score (nSPS) is 16.5. The maximum absolute atomic E-state index is 11.3. The van der Waals surface area contributed by atoms with E-state index < -0.39 is 5.85 Å². The average Bonchev–Trinajstić information content (AvgIpc) is 1.56. The third kappa shape index (κ3) is 3.83. The predicted octanol–water partition coefficient (Wildman–Crippen LogP) is 4.48. The van der Waals surface area contributed by atoms with E-state index in [4.69, 9.17) is 22.5 Å². The van der Waals surface area contributed by atoms with Crippen LogP contribution in [0.2, 0.25) is 0 Å². The van der Waals surface area contributed by atoms with Gasteiger partial charge in [0.15, 0.2) is 0 Å². The molecule has 11 heavy (non-hydrogen) atoms. The van der Waals surface area contributed by atoms with E-state index >= 15 is 0 Å². The van der Waals surface area contributed by atoms with Gasteiger partial charge in [-0.2, -0.15) is 0 Å². The van der Waals surface area contributed by atoms with Gasteiger partial charge in [0.2, 0.25) is 0 Å². The lowest BCUT2D eigenvalue weighted by atomic mass is 9.90. The molecule has 0 aromatic heterocycles. The van der Waals surface area contributed by atoms with Gasteiger partial charge in [0.1, 0.15) is 0 Å². The van der Waals surface area contributed by atoms with E-state index in [1.807, 2.05) is 27.7 Å². The van der Waals surface area contributed by atoms with E-state index in [0.29, 0.717) is 0 Å². The molecule has 0 spiro atoms. The Morgan fingerprint density at radius 2 is 1.73 bits per heavy atom. The maximum atomic E-state index is 11.3. The minimum Gasteiger partial charge on any atom is -0.289 e. The van der Waals surface area contributed by atoms with Crippen molar-refractivity contribution in [2.45, 2.75) is 39.8 Å². The molecule has 1 nitrogen and oxygen atoms in total. The molecule has 1 unspecified atom stereocenters. The number of halogens is 2. The van der Waals surface area contributed by atoms with Gasteiger partial charge in [-0.1, -0.05) is 27.7 Å². The van der Waals surface area contributed by atoms with Crippen LogP contribution in [0.1, 0.15) is 34.1 Å². The lowest BCUT2D eigenvalue weighted by Gasteiger charge is -2.29. The first-order valence-electron chi connectivity index (χ1n) is 3.68. The molecule has 0 fully saturated rings. The zero-order valence-electron chi connectivity index (χ0n) is 7.40. The van der Waals surface area contributed by atoms with Crippen LogP contribution in [-0.2, 0) is 4.57 Å². The van der Waals surface area contributed by atoms with Gasteiger partial charge in [-0.25, -0.2) is 0 Å². The molecular formula is C7H15Cl2OP. The van der Waals surface area contributed by atoms with Crippen molar-refractivity contribution in [1.82, 2.24) is 0 Å². The minimum atomic E-state index is -2.95. The molecule has 1 atom stereocenters. The van der Waals surface area contributed by atoms with E-state index in [1.54, 1.807) is 0 Å². The van der Waals surface area contributed by atoms with Crippen LogP contribution in [0.4, 0.5) is 0 Å². The lowest BCUT2D eigenvalue weighted by Crippen LogP contribution is -2.22. The SMILES string of the molecule is CCC(C(C)(C)C)P(=O)(Cl)Cl. The van der Waals surface area contributed by atoms with Crippen LogP contribution in [0.25, 0.3) is 0 Å². The van der Waals surface area contributed by atoms with Crippen LogP contribution < -0.4 is 0 Å². The summed E-state index contributed by atoms with van der Waals surface area (Å²) in [6, 6.07) is 0. The van der Waals surface area contributed by atoms with Crippen molar-refractivity contribution in [3.05, 3.63) is 0 Å². The minimum absolute atomic E-state index is 0.0756. The molecule has 0 aliphatic heterocycles. The van der Waals surface area contributed by atoms with E-state index in [1.165, 1.54) is 0 Å². The second-order valence-electron chi connectivity index (χ2n) is 3.79. The molecule has 0 aliphatic rings. The zero-order valence-corrected chi connectivity index (χ0v) is 9.80. The highest BCUT2D eigenvalue weighted by atomic mass is 35.9. The molecule has 0 bridgehead atoms. The summed E-state index contributed by atoms with van der Waals surface area (Å²) in [4.78, 5) is 0. The molecule has 68 valence electrons. The summed E-state index contributed by atoms with van der Waals surface area (Å²) in [5.74, 6) is -2.95. The summed E-state index contributed by atoms with van der Waals surface area (Å²) in [7, 11) is 0. The summed E-state index contributed by atoms with van der Waals surface area (Å²) < 4.78 is 11.3. The Hall–Kier alpha value is 0.810. The van der Waals surface area contributed by atoms with Gasteiger partial charge in [0, 0.05) is 5.66 Å². The Labute approximate surface area is 78.4 Å². The van der Waals surface area contributed by atoms with E-state index in [9.17, 15) is 4.57 Å². The largest absolute Gasteiger partial charge is 0.289 e. The van der Waals surface area contributed by atoms with Crippen LogP contribution in [0.3, 0.4) is 0 Å². The molecular weight excluding hydrogens is 202 g/mol. The third-order valence-corrected chi connectivity index (χ3v) is 5.03. The fraction of sp³-hybridized carbons (Fsp3) is 1.00. The smallest absolute Gasteiger partial charge is 0.256 e. The van der Waals surface area contributed by atoms with Gasteiger partial charge in [0.05, 0.1) is 0 Å². The van der Waals surface area contributed by atoms with Gasteiger partial charge in [-0.15, -0.1) is 0 Å². The van der Waals surface area contributed by atoms with E-state index in [-0.39, 0.29) is 11.1 Å². The summed E-state index contributed by atoms with van der Waals surface area (Å²) >= 11 is 11.2. The lowest BCUT2D eigenvalue weighted by molar-refractivity contribution is 0.375. The third-order valence-electron chi connectivity index (χ3n) is 1.75. The van der Waals surface area contributed by atoms with Crippen molar-refractivity contribution in [3.63, 3.8) is 0 Å². The molecule has 0 N–H and O–H groups in total. The molecule has 4 heteroatoms. The standard InChI is InChI=1S/C7H15Cl2OP/c1-5-6(7(2,3)4)11(8,9)10/h6H,5H2,1-4H3. The predicted molar refractivity (Wildman–Crippen MR) is 52.8 cm³/mol. The molecule has 0 saturated carbocycles. The van der Waals surface area contributed by atoms with Gasteiger partial charge in [-0.3, -0.25) is 4.57 Å². The van der Waals surface area contributed by atoms with Gasteiger partial charge in [0.25, 0.3) is 5.85 Å². The topological polar surface area (TPSA) is 17.1 Å². The summed E-state index contributed by atoms with van der Waals surface area (Å²) in [6.45, 7) is 7.95. The molecule has 0 aromatic carbocycles. The first kappa shape index (κ1) is 11.8. The molecule has 0 rings (SSSR count). The van der Waals surface area contributed by atoms with Crippen molar-refractivity contribution in [1.29, 1.82) is 0 Å². The molecule has 0 amide bonds. The fourth-order valence-electron chi connectivity index (χ4n) is 1.28. The first-order valence-corrected chi connectivity index (χ1v) is 7.27. The monoisotopic (exact) mass is 216 g/mol. The molecule has 0 radical (unpaired) electrons. The average molecular weight is 217 g/mol. The van der Waals surface area contributed by atoms with Crippen molar-refractivity contribution in [3.8, 4) is 0 Å². The number of hydrogen-bond donors (Lipinski definition) is 0. The highest BCUT2D eigenvalue weighted by Gasteiger charge is 2.36. The first-order chi connectivity index (χ1) is 4.69. The fourth-order valence-corrected chi connectivity index (χ4v) is 5.19. The Morgan fingerprint density at radius 1 is 1.36 bits per heavy atom. The summed E-state index contributed by atoms with van der Waals surface area (Å²) in [6.07, 6.45) is 0.758. The summed E-state index contributed by atoms with van der Waals surface area (Å²) in [5, 5.41) is 0. The Bertz CT molecular complexity index is 168. The van der Waals surface area contributed by atoms with Crippen molar-refractivity contribution < 1.29 is 4.57 Å². The van der Waals surface area contributed by atoms with Crippen LogP contribution in [0, 0.1) is 5.41 Å². The molecule has 0 saturated heterocycles. The second kappa shape index (κ2) is 3.68. The second-order valence-corrected chi connectivity index (χ2v) is 8.95. The number of hydrogen-bond acceptors (Lipinski definition) is 1. The molecule has 0 aromatic rings. The highest BCUT2D eigenvalue weighted by Crippen LogP contribution is 2.66. The summed E-state index contributed by atoms with van der Waals surface area (Å²) in [5.41, 5.74) is -0.174. The van der Waals surface area contributed by atoms with E-state index in [0.717, 1.165) is 6.42 Å². The maximum Gasteiger partial charge on any atom is 0.256 e. The van der Waals surface area contributed by atoms with Crippen molar-refractivity contribution >= 4 is 28.3 Å². The van der Waals surface area contributed by atoms with Gasteiger partial charge >= 0.3 is 0 Å². The van der Waals surface area contributed by atoms with Gasteiger partial charge in [-0.05, 0) is 34.3 Å². The van der Waals surface area contributed by atoms with E-state index in [2.05, 4.69) is 0 Å². The van der Waals surface area contributed by atoms with Crippen LogP contribution in [0.5, 0.6) is 0 Å². The van der Waals surface area contributed by atoms with Crippen molar-refractivity contribution in [2.24, 2.45) is 5.41 Å². The molecule has 0 aliphatic carbocycles. The number of rotatable bonds is 2. The molecule has 0 heterocycles. The Balaban J connectivity index is 4.57. The van der Waals surface area contributed by atoms with Crippen LogP contribution >= 0.6 is 28.3 Å². The van der Waals surface area contributed by atoms with Crippen LogP contribution in [0.15, 0.2) is 0 Å². The Morgan fingerprint density at radius 3 is 1.73 bits per heavy atom. The van der Waals surface area contributed by atoms with Gasteiger partial charge < -0.3 is 0 Å².